The van der Waals surface area contributed by atoms with Crippen LogP contribution in [0.15, 0.2) is 12.3 Å². The predicted molar refractivity (Wildman–Crippen MR) is 65.4 cm³/mol. The highest BCUT2D eigenvalue weighted by molar-refractivity contribution is 6.28. The molecule has 1 saturated heterocycles. The van der Waals surface area contributed by atoms with Crippen LogP contribution in [0.4, 0.5) is 0 Å². The molecule has 2 heterocycles. The molecule has 4 nitrogen and oxygen atoms in total. The summed E-state index contributed by atoms with van der Waals surface area (Å²) in [7, 11) is 0. The zero-order valence-corrected chi connectivity index (χ0v) is 10.4. The Kier molecular flexibility index (Phi) is 5.80. The minimum absolute atomic E-state index is 0. The highest BCUT2D eigenvalue weighted by atomic mass is 35.5. The fourth-order valence-electron chi connectivity index (χ4n) is 1.65. The van der Waals surface area contributed by atoms with Crippen LogP contribution in [0.2, 0.25) is 5.28 Å². The van der Waals surface area contributed by atoms with Crippen molar-refractivity contribution in [3.05, 3.63) is 17.5 Å². The third-order valence-electron chi connectivity index (χ3n) is 2.53. The van der Waals surface area contributed by atoms with Gasteiger partial charge in [0.25, 0.3) is 0 Å². The molecule has 0 bridgehead atoms. The lowest BCUT2D eigenvalue weighted by atomic mass is 9.99. The van der Waals surface area contributed by atoms with E-state index in [0.717, 1.165) is 19.7 Å². The number of ether oxygens (including phenoxy) is 1. The Morgan fingerprint density at radius 2 is 2.19 bits per heavy atom. The van der Waals surface area contributed by atoms with Gasteiger partial charge in [0.15, 0.2) is 0 Å². The molecule has 0 unspecified atom stereocenters. The third-order valence-corrected chi connectivity index (χ3v) is 2.71. The summed E-state index contributed by atoms with van der Waals surface area (Å²) >= 11 is 5.65. The SMILES string of the molecule is Cl.Clc1nccc(OCC2CCNCC2)n1. The van der Waals surface area contributed by atoms with Gasteiger partial charge in [-0.3, -0.25) is 0 Å². The Bertz CT molecular complexity index is 319. The zero-order chi connectivity index (χ0) is 10.5. The van der Waals surface area contributed by atoms with Crippen LogP contribution in [0, 0.1) is 5.92 Å². The normalized spacial score (nSPS) is 16.6. The Hall–Kier alpha value is -0.580. The van der Waals surface area contributed by atoms with Gasteiger partial charge in [-0.2, -0.15) is 4.98 Å². The van der Waals surface area contributed by atoms with Gasteiger partial charge in [0.05, 0.1) is 6.61 Å². The first-order valence-electron chi connectivity index (χ1n) is 5.16. The molecular weight excluding hydrogens is 249 g/mol. The molecule has 0 aromatic carbocycles. The summed E-state index contributed by atoms with van der Waals surface area (Å²) in [5, 5.41) is 3.55. The molecule has 6 heteroatoms. The van der Waals surface area contributed by atoms with Gasteiger partial charge in [0.1, 0.15) is 0 Å². The molecule has 1 aliphatic heterocycles. The van der Waals surface area contributed by atoms with Crippen molar-refractivity contribution < 1.29 is 4.74 Å². The molecule has 0 aliphatic carbocycles. The molecule has 2 rings (SSSR count). The lowest BCUT2D eigenvalue weighted by molar-refractivity contribution is 0.208. The zero-order valence-electron chi connectivity index (χ0n) is 8.86. The minimum atomic E-state index is 0. The molecule has 0 saturated carbocycles. The van der Waals surface area contributed by atoms with E-state index in [1.165, 1.54) is 12.8 Å². The van der Waals surface area contributed by atoms with Gasteiger partial charge in [-0.25, -0.2) is 4.98 Å². The molecule has 1 aliphatic rings. The number of hydrogen-bond donors (Lipinski definition) is 1. The first kappa shape index (κ1) is 13.5. The van der Waals surface area contributed by atoms with Crippen molar-refractivity contribution in [2.45, 2.75) is 12.8 Å². The molecule has 0 spiro atoms. The topological polar surface area (TPSA) is 47.0 Å². The van der Waals surface area contributed by atoms with Crippen molar-refractivity contribution in [1.82, 2.24) is 15.3 Å². The minimum Gasteiger partial charge on any atom is -0.477 e. The van der Waals surface area contributed by atoms with E-state index in [1.807, 2.05) is 0 Å². The second-order valence-electron chi connectivity index (χ2n) is 3.67. The monoisotopic (exact) mass is 263 g/mol. The molecule has 1 aromatic heterocycles. The van der Waals surface area contributed by atoms with Crippen LogP contribution in [0.25, 0.3) is 0 Å². The molecule has 1 fully saturated rings. The van der Waals surface area contributed by atoms with E-state index < -0.39 is 0 Å². The van der Waals surface area contributed by atoms with Crippen molar-refractivity contribution in [2.75, 3.05) is 19.7 Å². The van der Waals surface area contributed by atoms with E-state index in [2.05, 4.69) is 15.3 Å². The lowest BCUT2D eigenvalue weighted by Gasteiger charge is -2.22. The van der Waals surface area contributed by atoms with Gasteiger partial charge in [-0.1, -0.05) is 0 Å². The molecule has 16 heavy (non-hydrogen) atoms. The summed E-state index contributed by atoms with van der Waals surface area (Å²) in [5.74, 6) is 1.19. The standard InChI is InChI=1S/C10H14ClN3O.ClH/c11-10-13-6-3-9(14-10)15-7-8-1-4-12-5-2-8;/h3,6,8,12H,1-2,4-5,7H2;1H. The molecular formula is C10H15Cl2N3O. The number of nitrogens with one attached hydrogen (secondary N) is 1. The molecule has 0 atom stereocenters. The summed E-state index contributed by atoms with van der Waals surface area (Å²) in [5.41, 5.74) is 0. The van der Waals surface area contributed by atoms with Crippen molar-refractivity contribution in [3.8, 4) is 5.88 Å². The Balaban J connectivity index is 0.00000128. The van der Waals surface area contributed by atoms with Gasteiger partial charge in [0, 0.05) is 12.3 Å². The summed E-state index contributed by atoms with van der Waals surface area (Å²) in [6, 6.07) is 1.73. The molecule has 1 N–H and O–H groups in total. The van der Waals surface area contributed by atoms with E-state index >= 15 is 0 Å². The fraction of sp³-hybridized carbons (Fsp3) is 0.600. The van der Waals surface area contributed by atoms with Crippen molar-refractivity contribution >= 4 is 24.0 Å². The maximum atomic E-state index is 5.65. The fourth-order valence-corrected chi connectivity index (χ4v) is 1.79. The second-order valence-corrected chi connectivity index (χ2v) is 4.01. The molecule has 0 amide bonds. The first-order chi connectivity index (χ1) is 7.34. The third kappa shape index (κ3) is 4.12. The van der Waals surface area contributed by atoms with Crippen molar-refractivity contribution in [2.24, 2.45) is 5.92 Å². The van der Waals surface area contributed by atoms with E-state index in [0.29, 0.717) is 11.8 Å². The van der Waals surface area contributed by atoms with Crippen LogP contribution < -0.4 is 10.1 Å². The summed E-state index contributed by atoms with van der Waals surface area (Å²) < 4.78 is 5.56. The number of nitrogens with zero attached hydrogens (tertiary/aromatic N) is 2. The number of aromatic nitrogens is 2. The average Bonchev–Trinajstić information content (AvgIpc) is 2.28. The average molecular weight is 264 g/mol. The maximum absolute atomic E-state index is 5.65. The number of rotatable bonds is 3. The summed E-state index contributed by atoms with van der Waals surface area (Å²) in [6.07, 6.45) is 3.94. The van der Waals surface area contributed by atoms with Gasteiger partial charge in [-0.05, 0) is 43.5 Å². The molecule has 90 valence electrons. The van der Waals surface area contributed by atoms with Gasteiger partial charge in [-0.15, -0.1) is 12.4 Å². The second kappa shape index (κ2) is 6.89. The van der Waals surface area contributed by atoms with Crippen molar-refractivity contribution in [3.63, 3.8) is 0 Å². The number of piperidine rings is 1. The van der Waals surface area contributed by atoms with E-state index in [4.69, 9.17) is 16.3 Å². The quantitative estimate of drug-likeness (QED) is 0.847. The molecule has 0 radical (unpaired) electrons. The Labute approximate surface area is 106 Å². The largest absolute Gasteiger partial charge is 0.477 e. The van der Waals surface area contributed by atoms with E-state index in [9.17, 15) is 0 Å². The van der Waals surface area contributed by atoms with E-state index in [-0.39, 0.29) is 17.7 Å². The van der Waals surface area contributed by atoms with Crippen molar-refractivity contribution in [1.29, 1.82) is 0 Å². The van der Waals surface area contributed by atoms with Gasteiger partial charge < -0.3 is 10.1 Å². The van der Waals surface area contributed by atoms with E-state index in [1.54, 1.807) is 12.3 Å². The van der Waals surface area contributed by atoms with Crippen LogP contribution in [0.5, 0.6) is 5.88 Å². The highest BCUT2D eigenvalue weighted by Crippen LogP contribution is 2.14. The first-order valence-corrected chi connectivity index (χ1v) is 5.54. The highest BCUT2D eigenvalue weighted by Gasteiger charge is 2.13. The number of halogens is 2. The molecule has 1 aromatic rings. The smallest absolute Gasteiger partial charge is 0.225 e. The maximum Gasteiger partial charge on any atom is 0.225 e. The van der Waals surface area contributed by atoms with Gasteiger partial charge in [0.2, 0.25) is 11.2 Å². The van der Waals surface area contributed by atoms with Crippen LogP contribution in [0.1, 0.15) is 12.8 Å². The van der Waals surface area contributed by atoms with Crippen LogP contribution in [-0.2, 0) is 0 Å². The van der Waals surface area contributed by atoms with Crippen LogP contribution in [0.3, 0.4) is 0 Å². The summed E-state index contributed by atoms with van der Waals surface area (Å²) in [4.78, 5) is 7.77. The van der Waals surface area contributed by atoms with Crippen LogP contribution >= 0.6 is 24.0 Å². The Morgan fingerprint density at radius 3 is 2.88 bits per heavy atom. The summed E-state index contributed by atoms with van der Waals surface area (Å²) in [6.45, 7) is 2.88. The number of hydrogen-bond acceptors (Lipinski definition) is 4. The van der Waals surface area contributed by atoms with Crippen LogP contribution in [-0.4, -0.2) is 29.7 Å². The Morgan fingerprint density at radius 1 is 1.44 bits per heavy atom. The predicted octanol–water partition coefficient (Wildman–Crippen LogP) is 1.93. The van der Waals surface area contributed by atoms with Gasteiger partial charge >= 0.3 is 0 Å². The lowest BCUT2D eigenvalue weighted by Crippen LogP contribution is -2.30.